The number of carboxylic acid groups (broad SMARTS) is 1. The van der Waals surface area contributed by atoms with Gasteiger partial charge in [-0.05, 0) is 43.0 Å². The molecule has 0 bridgehead atoms. The molecule has 0 aromatic heterocycles. The Morgan fingerprint density at radius 1 is 1.22 bits per heavy atom. The van der Waals surface area contributed by atoms with E-state index in [1.54, 1.807) is 27.7 Å². The SMILES string of the molecule is COC(=O)c1cc(C)c(C)c(S(=O)(=O)NC(C(=O)O)C(C)C)c1. The van der Waals surface area contributed by atoms with E-state index in [1.165, 1.54) is 19.2 Å². The predicted molar refractivity (Wildman–Crippen MR) is 83.8 cm³/mol. The van der Waals surface area contributed by atoms with Crippen LogP contribution in [0.5, 0.6) is 0 Å². The van der Waals surface area contributed by atoms with E-state index in [-0.39, 0.29) is 10.5 Å². The topological polar surface area (TPSA) is 110 Å². The van der Waals surface area contributed by atoms with Crippen LogP contribution in [0.3, 0.4) is 0 Å². The zero-order valence-electron chi connectivity index (χ0n) is 13.7. The monoisotopic (exact) mass is 343 g/mol. The number of methoxy groups -OCH3 is 1. The van der Waals surface area contributed by atoms with E-state index in [9.17, 15) is 18.0 Å². The minimum atomic E-state index is -4.11. The standard InChI is InChI=1S/C15H21NO6S/c1-8(2)13(14(17)18)16-23(20,21)12-7-11(15(19)22-5)6-9(3)10(12)4/h6-8,13,16H,1-5H3,(H,17,18). The first-order valence-corrected chi connectivity index (χ1v) is 8.44. The Balaban J connectivity index is 3.40. The number of carbonyl (C=O) groups excluding carboxylic acids is 1. The lowest BCUT2D eigenvalue weighted by Gasteiger charge is -2.19. The van der Waals surface area contributed by atoms with Gasteiger partial charge in [0.25, 0.3) is 0 Å². The van der Waals surface area contributed by atoms with E-state index in [2.05, 4.69) is 9.46 Å². The van der Waals surface area contributed by atoms with Gasteiger partial charge in [-0.3, -0.25) is 4.79 Å². The normalized spacial score (nSPS) is 13.0. The summed E-state index contributed by atoms with van der Waals surface area (Å²) in [5.41, 5.74) is 1.12. The van der Waals surface area contributed by atoms with Gasteiger partial charge in [0.2, 0.25) is 10.0 Å². The molecule has 0 radical (unpaired) electrons. The van der Waals surface area contributed by atoms with Crippen LogP contribution in [0.15, 0.2) is 17.0 Å². The van der Waals surface area contributed by atoms with E-state index < -0.39 is 33.9 Å². The summed E-state index contributed by atoms with van der Waals surface area (Å²) >= 11 is 0. The van der Waals surface area contributed by atoms with Gasteiger partial charge in [-0.15, -0.1) is 0 Å². The number of carboxylic acids is 1. The summed E-state index contributed by atoms with van der Waals surface area (Å²) in [6.45, 7) is 6.46. The van der Waals surface area contributed by atoms with Crippen LogP contribution in [-0.2, 0) is 19.6 Å². The zero-order valence-corrected chi connectivity index (χ0v) is 14.5. The van der Waals surface area contributed by atoms with Gasteiger partial charge in [0, 0.05) is 0 Å². The van der Waals surface area contributed by atoms with Crippen molar-refractivity contribution < 1.29 is 27.9 Å². The average Bonchev–Trinajstić information content (AvgIpc) is 2.45. The molecule has 1 aromatic rings. The van der Waals surface area contributed by atoms with Gasteiger partial charge in [0.05, 0.1) is 17.6 Å². The number of rotatable bonds is 6. The molecule has 1 aromatic carbocycles. The average molecular weight is 343 g/mol. The summed E-state index contributed by atoms with van der Waals surface area (Å²) in [5, 5.41) is 9.16. The number of hydrogen-bond donors (Lipinski definition) is 2. The van der Waals surface area contributed by atoms with E-state index in [4.69, 9.17) is 5.11 Å². The molecule has 1 unspecified atom stereocenters. The fraction of sp³-hybridized carbons (Fsp3) is 0.467. The van der Waals surface area contributed by atoms with Gasteiger partial charge in [0.1, 0.15) is 6.04 Å². The van der Waals surface area contributed by atoms with Crippen LogP contribution >= 0.6 is 0 Å². The summed E-state index contributed by atoms with van der Waals surface area (Å²) in [4.78, 5) is 22.8. The van der Waals surface area contributed by atoms with Crippen LogP contribution in [0.4, 0.5) is 0 Å². The molecule has 1 rings (SSSR count). The van der Waals surface area contributed by atoms with Crippen molar-refractivity contribution in [3.05, 3.63) is 28.8 Å². The quantitative estimate of drug-likeness (QED) is 0.757. The number of hydrogen-bond acceptors (Lipinski definition) is 5. The van der Waals surface area contributed by atoms with Crippen LogP contribution < -0.4 is 4.72 Å². The van der Waals surface area contributed by atoms with Crippen molar-refractivity contribution in [2.24, 2.45) is 5.92 Å². The number of ether oxygens (including phenoxy) is 1. The molecule has 8 heteroatoms. The Kier molecular flexibility index (Phi) is 5.90. The molecule has 0 aliphatic rings. The maximum Gasteiger partial charge on any atom is 0.337 e. The van der Waals surface area contributed by atoms with Crippen molar-refractivity contribution in [3.8, 4) is 0 Å². The summed E-state index contributed by atoms with van der Waals surface area (Å²) in [6, 6.07) is 1.45. The molecule has 0 aliphatic carbocycles. The van der Waals surface area contributed by atoms with Crippen molar-refractivity contribution in [1.82, 2.24) is 4.72 Å². The van der Waals surface area contributed by atoms with Crippen molar-refractivity contribution in [3.63, 3.8) is 0 Å². The highest BCUT2D eigenvalue weighted by molar-refractivity contribution is 7.89. The molecule has 0 fully saturated rings. The first kappa shape index (κ1) is 19.1. The zero-order chi connectivity index (χ0) is 17.9. The lowest BCUT2D eigenvalue weighted by molar-refractivity contribution is -0.140. The van der Waals surface area contributed by atoms with Crippen LogP contribution in [0, 0.1) is 19.8 Å². The second-order valence-electron chi connectivity index (χ2n) is 5.59. The number of esters is 1. The van der Waals surface area contributed by atoms with Gasteiger partial charge < -0.3 is 9.84 Å². The number of aryl methyl sites for hydroxylation is 1. The largest absolute Gasteiger partial charge is 0.480 e. The number of sulfonamides is 1. The number of benzene rings is 1. The Bertz CT molecular complexity index is 724. The summed E-state index contributed by atoms with van der Waals surface area (Å²) in [5.74, 6) is -2.36. The van der Waals surface area contributed by atoms with Gasteiger partial charge in [0.15, 0.2) is 0 Å². The minimum absolute atomic E-state index is 0.0902. The summed E-state index contributed by atoms with van der Waals surface area (Å²) in [7, 11) is -2.91. The molecule has 0 heterocycles. The molecule has 0 amide bonds. The highest BCUT2D eigenvalue weighted by Gasteiger charge is 2.29. The molecule has 0 aliphatic heterocycles. The fourth-order valence-corrected chi connectivity index (χ4v) is 3.72. The maximum atomic E-state index is 12.6. The Morgan fingerprint density at radius 2 is 1.78 bits per heavy atom. The van der Waals surface area contributed by atoms with Crippen molar-refractivity contribution in [1.29, 1.82) is 0 Å². The molecule has 0 saturated carbocycles. The second kappa shape index (κ2) is 7.10. The maximum absolute atomic E-state index is 12.6. The van der Waals surface area contributed by atoms with E-state index in [0.29, 0.717) is 11.1 Å². The fourth-order valence-electron chi connectivity index (χ4n) is 2.04. The Morgan fingerprint density at radius 3 is 2.22 bits per heavy atom. The third kappa shape index (κ3) is 4.29. The van der Waals surface area contributed by atoms with Gasteiger partial charge in [-0.1, -0.05) is 13.8 Å². The van der Waals surface area contributed by atoms with Crippen LogP contribution in [0.25, 0.3) is 0 Å². The van der Waals surface area contributed by atoms with Crippen molar-refractivity contribution >= 4 is 22.0 Å². The molecule has 1 atom stereocenters. The third-order valence-corrected chi connectivity index (χ3v) is 5.11. The van der Waals surface area contributed by atoms with E-state index >= 15 is 0 Å². The lowest BCUT2D eigenvalue weighted by Crippen LogP contribution is -2.44. The van der Waals surface area contributed by atoms with Crippen LogP contribution in [-0.4, -0.2) is 38.6 Å². The van der Waals surface area contributed by atoms with Crippen LogP contribution in [0.1, 0.15) is 35.3 Å². The molecule has 7 nitrogen and oxygen atoms in total. The Hall–Kier alpha value is -1.93. The van der Waals surface area contributed by atoms with E-state index in [1.807, 2.05) is 0 Å². The Labute approximate surface area is 135 Å². The molecule has 2 N–H and O–H groups in total. The predicted octanol–water partition coefficient (Wildman–Crippen LogP) is 1.48. The molecule has 0 spiro atoms. The number of nitrogens with one attached hydrogen (secondary N) is 1. The smallest absolute Gasteiger partial charge is 0.337 e. The second-order valence-corrected chi connectivity index (χ2v) is 7.27. The lowest BCUT2D eigenvalue weighted by atomic mass is 10.1. The van der Waals surface area contributed by atoms with Gasteiger partial charge in [-0.2, -0.15) is 4.72 Å². The summed E-state index contributed by atoms with van der Waals surface area (Å²) < 4.78 is 31.9. The molecule has 128 valence electrons. The van der Waals surface area contributed by atoms with Crippen LogP contribution in [0.2, 0.25) is 0 Å². The minimum Gasteiger partial charge on any atom is -0.480 e. The van der Waals surface area contributed by atoms with E-state index in [0.717, 1.165) is 0 Å². The van der Waals surface area contributed by atoms with Gasteiger partial charge in [-0.25, -0.2) is 13.2 Å². The number of aliphatic carboxylic acids is 1. The summed E-state index contributed by atoms with van der Waals surface area (Å²) in [6.07, 6.45) is 0. The molecular weight excluding hydrogens is 322 g/mol. The third-order valence-electron chi connectivity index (χ3n) is 3.55. The first-order valence-electron chi connectivity index (χ1n) is 6.96. The van der Waals surface area contributed by atoms with Gasteiger partial charge >= 0.3 is 11.9 Å². The first-order chi connectivity index (χ1) is 10.5. The molecule has 23 heavy (non-hydrogen) atoms. The highest BCUT2D eigenvalue weighted by Crippen LogP contribution is 2.22. The van der Waals surface area contributed by atoms with Crippen molar-refractivity contribution in [2.45, 2.75) is 38.6 Å². The van der Waals surface area contributed by atoms with Crippen molar-refractivity contribution in [2.75, 3.05) is 7.11 Å². The molecule has 0 saturated heterocycles. The number of carbonyl (C=O) groups is 2. The molecular formula is C15H21NO6S. The highest BCUT2D eigenvalue weighted by atomic mass is 32.2.